The molecule has 0 radical (unpaired) electrons. The number of aromatic nitrogens is 2. The lowest BCUT2D eigenvalue weighted by Crippen LogP contribution is -2.10. The zero-order valence-electron chi connectivity index (χ0n) is 10.8. The van der Waals surface area contributed by atoms with Gasteiger partial charge in [0.2, 0.25) is 5.88 Å². The lowest BCUT2D eigenvalue weighted by atomic mass is 10.2. The van der Waals surface area contributed by atoms with Crippen molar-refractivity contribution in [2.75, 3.05) is 5.32 Å². The average Bonchev–Trinajstić information content (AvgIpc) is 2.96. The maximum atomic E-state index is 5.52. The van der Waals surface area contributed by atoms with Crippen molar-refractivity contribution in [3.8, 4) is 5.88 Å². The molecule has 0 aromatic carbocycles. The van der Waals surface area contributed by atoms with Crippen LogP contribution in [0.2, 0.25) is 0 Å². The van der Waals surface area contributed by atoms with Crippen LogP contribution in [0.1, 0.15) is 40.0 Å². The Labute approximate surface area is 103 Å². The Morgan fingerprint density at radius 2 is 2.29 bits per heavy atom. The number of nitrogens with one attached hydrogen (secondary N) is 1. The predicted octanol–water partition coefficient (Wildman–Crippen LogP) is 2.86. The Bertz CT molecular complexity index is 367. The highest BCUT2D eigenvalue weighted by Gasteiger charge is 2.36. The number of hydrogen-bond acceptors (Lipinski definition) is 4. The van der Waals surface area contributed by atoms with Crippen LogP contribution in [0.3, 0.4) is 0 Å². The highest BCUT2D eigenvalue weighted by Crippen LogP contribution is 2.36. The maximum absolute atomic E-state index is 5.52. The summed E-state index contributed by atoms with van der Waals surface area (Å²) < 4.78 is 5.52. The second-order valence-electron chi connectivity index (χ2n) is 4.94. The summed E-state index contributed by atoms with van der Waals surface area (Å²) in [5.41, 5.74) is 0. The maximum Gasteiger partial charge on any atom is 0.234 e. The van der Waals surface area contributed by atoms with Gasteiger partial charge in [-0.05, 0) is 32.6 Å². The van der Waals surface area contributed by atoms with Gasteiger partial charge < -0.3 is 10.1 Å². The van der Waals surface area contributed by atoms with Gasteiger partial charge in [-0.2, -0.15) is 4.98 Å². The summed E-state index contributed by atoms with van der Waals surface area (Å²) in [6.45, 7) is 6.20. The molecule has 0 spiro atoms. The molecule has 17 heavy (non-hydrogen) atoms. The zero-order chi connectivity index (χ0) is 12.3. The molecule has 0 bridgehead atoms. The highest BCUT2D eigenvalue weighted by atomic mass is 16.5. The third-order valence-corrected chi connectivity index (χ3v) is 2.88. The quantitative estimate of drug-likeness (QED) is 0.823. The van der Waals surface area contributed by atoms with E-state index < -0.39 is 0 Å². The molecule has 1 aliphatic carbocycles. The van der Waals surface area contributed by atoms with Crippen molar-refractivity contribution in [3.63, 3.8) is 0 Å². The first-order valence-corrected chi connectivity index (χ1v) is 6.44. The topological polar surface area (TPSA) is 47.0 Å². The smallest absolute Gasteiger partial charge is 0.234 e. The van der Waals surface area contributed by atoms with Gasteiger partial charge in [-0.25, -0.2) is 0 Å². The van der Waals surface area contributed by atoms with Crippen molar-refractivity contribution in [2.45, 2.75) is 52.2 Å². The Morgan fingerprint density at radius 1 is 1.47 bits per heavy atom. The Kier molecular flexibility index (Phi) is 3.82. The van der Waals surface area contributed by atoms with Crippen molar-refractivity contribution in [1.82, 2.24) is 9.97 Å². The Morgan fingerprint density at radius 3 is 3.00 bits per heavy atom. The van der Waals surface area contributed by atoms with Crippen LogP contribution in [0, 0.1) is 5.92 Å². The zero-order valence-corrected chi connectivity index (χ0v) is 10.8. The minimum atomic E-state index is 0.133. The van der Waals surface area contributed by atoms with E-state index in [4.69, 9.17) is 4.74 Å². The van der Waals surface area contributed by atoms with Gasteiger partial charge >= 0.3 is 0 Å². The van der Waals surface area contributed by atoms with Gasteiger partial charge in [0.1, 0.15) is 5.82 Å². The molecule has 0 saturated heterocycles. The van der Waals surface area contributed by atoms with Crippen LogP contribution >= 0.6 is 0 Å². The first-order chi connectivity index (χ1) is 8.19. The van der Waals surface area contributed by atoms with Crippen molar-refractivity contribution >= 4 is 5.82 Å². The molecule has 1 N–H and O–H groups in total. The van der Waals surface area contributed by atoms with E-state index in [1.807, 2.05) is 13.8 Å². The van der Waals surface area contributed by atoms with Crippen molar-refractivity contribution in [1.29, 1.82) is 0 Å². The SMILES string of the molecule is CCCC1CC1Nc1cncc(OC(C)C)n1. The first kappa shape index (κ1) is 12.1. The van der Waals surface area contributed by atoms with Crippen molar-refractivity contribution in [3.05, 3.63) is 12.4 Å². The summed E-state index contributed by atoms with van der Waals surface area (Å²) in [5.74, 6) is 2.24. The van der Waals surface area contributed by atoms with Gasteiger partial charge in [-0.1, -0.05) is 13.3 Å². The summed E-state index contributed by atoms with van der Waals surface area (Å²) in [7, 11) is 0. The molecule has 0 amide bonds. The van der Waals surface area contributed by atoms with Crippen LogP contribution in [0.5, 0.6) is 5.88 Å². The fourth-order valence-electron chi connectivity index (χ4n) is 2.02. The molecule has 1 aromatic rings. The van der Waals surface area contributed by atoms with E-state index in [1.54, 1.807) is 12.4 Å². The fraction of sp³-hybridized carbons (Fsp3) is 0.692. The van der Waals surface area contributed by atoms with E-state index in [9.17, 15) is 0 Å². The minimum absolute atomic E-state index is 0.133. The van der Waals surface area contributed by atoms with E-state index in [-0.39, 0.29) is 6.10 Å². The van der Waals surface area contributed by atoms with Crippen LogP contribution in [0.15, 0.2) is 12.4 Å². The molecule has 4 heteroatoms. The predicted molar refractivity (Wildman–Crippen MR) is 68.2 cm³/mol. The van der Waals surface area contributed by atoms with E-state index in [0.717, 1.165) is 11.7 Å². The number of nitrogens with zero attached hydrogens (tertiary/aromatic N) is 2. The van der Waals surface area contributed by atoms with E-state index >= 15 is 0 Å². The summed E-state index contributed by atoms with van der Waals surface area (Å²) in [6, 6.07) is 0.582. The Hall–Kier alpha value is -1.32. The molecule has 2 unspecified atom stereocenters. The molecular weight excluding hydrogens is 214 g/mol. The molecule has 2 atom stereocenters. The van der Waals surface area contributed by atoms with E-state index in [1.165, 1.54) is 19.3 Å². The Balaban J connectivity index is 1.89. The molecule has 1 aromatic heterocycles. The monoisotopic (exact) mass is 235 g/mol. The molecule has 1 heterocycles. The summed E-state index contributed by atoms with van der Waals surface area (Å²) in [6.07, 6.45) is 7.35. The van der Waals surface area contributed by atoms with E-state index in [0.29, 0.717) is 11.9 Å². The lowest BCUT2D eigenvalue weighted by molar-refractivity contribution is 0.232. The molecule has 1 aliphatic rings. The summed E-state index contributed by atoms with van der Waals surface area (Å²) in [5, 5.41) is 3.41. The first-order valence-electron chi connectivity index (χ1n) is 6.44. The summed E-state index contributed by atoms with van der Waals surface area (Å²) >= 11 is 0. The van der Waals surface area contributed by atoms with Gasteiger partial charge in [0.25, 0.3) is 0 Å². The number of hydrogen-bond donors (Lipinski definition) is 1. The van der Waals surface area contributed by atoms with Crippen molar-refractivity contribution < 1.29 is 4.74 Å². The molecule has 0 aliphatic heterocycles. The molecular formula is C13H21N3O. The van der Waals surface area contributed by atoms with E-state index in [2.05, 4.69) is 22.2 Å². The fourth-order valence-corrected chi connectivity index (χ4v) is 2.02. The molecule has 4 nitrogen and oxygen atoms in total. The minimum Gasteiger partial charge on any atom is -0.474 e. The third-order valence-electron chi connectivity index (χ3n) is 2.88. The normalized spacial score (nSPS) is 22.6. The largest absolute Gasteiger partial charge is 0.474 e. The van der Waals surface area contributed by atoms with Crippen LogP contribution < -0.4 is 10.1 Å². The third kappa shape index (κ3) is 3.58. The van der Waals surface area contributed by atoms with Gasteiger partial charge in [-0.15, -0.1) is 0 Å². The van der Waals surface area contributed by atoms with Gasteiger partial charge in [0.15, 0.2) is 0 Å². The van der Waals surface area contributed by atoms with Gasteiger partial charge in [0.05, 0.1) is 18.5 Å². The van der Waals surface area contributed by atoms with Crippen LogP contribution in [-0.4, -0.2) is 22.1 Å². The number of ether oxygens (including phenoxy) is 1. The van der Waals surface area contributed by atoms with Crippen LogP contribution in [0.25, 0.3) is 0 Å². The molecule has 1 fully saturated rings. The average molecular weight is 235 g/mol. The number of anilines is 1. The second-order valence-corrected chi connectivity index (χ2v) is 4.94. The van der Waals surface area contributed by atoms with Crippen LogP contribution in [-0.2, 0) is 0 Å². The standard InChI is InChI=1S/C13H21N3O/c1-4-5-10-6-11(10)15-12-7-14-8-13(16-12)17-9(2)3/h7-11H,4-6H2,1-3H3,(H,15,16). The van der Waals surface area contributed by atoms with Crippen LogP contribution in [0.4, 0.5) is 5.82 Å². The molecule has 94 valence electrons. The highest BCUT2D eigenvalue weighted by molar-refractivity contribution is 5.36. The second kappa shape index (κ2) is 5.34. The van der Waals surface area contributed by atoms with Gasteiger partial charge in [0, 0.05) is 6.04 Å². The lowest BCUT2D eigenvalue weighted by Gasteiger charge is -2.10. The molecule has 2 rings (SSSR count). The number of rotatable bonds is 6. The summed E-state index contributed by atoms with van der Waals surface area (Å²) in [4.78, 5) is 8.53. The van der Waals surface area contributed by atoms with Gasteiger partial charge in [-0.3, -0.25) is 4.98 Å². The van der Waals surface area contributed by atoms with Crippen molar-refractivity contribution in [2.24, 2.45) is 5.92 Å². The molecule has 1 saturated carbocycles.